The third kappa shape index (κ3) is 4.70. The molecule has 2 aromatic rings. The van der Waals surface area contributed by atoms with Crippen LogP contribution in [-0.2, 0) is 24.7 Å². The lowest BCUT2D eigenvalue weighted by Gasteiger charge is -2.34. The molecule has 8 nitrogen and oxygen atoms in total. The summed E-state index contributed by atoms with van der Waals surface area (Å²) in [5, 5.41) is 2.79. The van der Waals surface area contributed by atoms with Crippen LogP contribution >= 0.6 is 0 Å². The maximum atomic E-state index is 12.7. The predicted octanol–water partition coefficient (Wildman–Crippen LogP) is 1.49. The van der Waals surface area contributed by atoms with Crippen molar-refractivity contribution in [1.82, 2.24) is 5.32 Å². The third-order valence-corrected chi connectivity index (χ3v) is 6.87. The summed E-state index contributed by atoms with van der Waals surface area (Å²) in [6.45, 7) is 1.61. The monoisotopic (exact) mass is 438 g/mol. The van der Waals surface area contributed by atoms with Crippen LogP contribution in [0.25, 0.3) is 0 Å². The molecular weight excluding hydrogens is 416 g/mol. The quantitative estimate of drug-likeness (QED) is 0.758. The molecule has 156 valence electrons. The van der Waals surface area contributed by atoms with Gasteiger partial charge in [-0.3, -0.25) is 9.10 Å². The van der Waals surface area contributed by atoms with Crippen LogP contribution in [0.2, 0.25) is 0 Å². The zero-order valence-corrected chi connectivity index (χ0v) is 17.8. The number of carbonyl (C=O) groups excluding carboxylic acids is 1. The Morgan fingerprint density at radius 1 is 1.07 bits per heavy atom. The zero-order valence-electron chi connectivity index (χ0n) is 16.2. The number of sulfone groups is 1. The van der Waals surface area contributed by atoms with Crippen LogP contribution in [0.1, 0.15) is 18.5 Å². The second kappa shape index (κ2) is 7.68. The molecule has 0 spiro atoms. The Balaban J connectivity index is 1.77. The summed E-state index contributed by atoms with van der Waals surface area (Å²) in [6.07, 6.45) is 1.19. The smallest absolute Gasteiger partial charge is 0.263 e. The summed E-state index contributed by atoms with van der Waals surface area (Å²) < 4.78 is 54.3. The molecule has 1 aliphatic heterocycles. The number of hydrogen-bond donors (Lipinski definition) is 1. The van der Waals surface area contributed by atoms with Gasteiger partial charge in [0, 0.05) is 6.26 Å². The summed E-state index contributed by atoms with van der Waals surface area (Å²) in [4.78, 5) is 12.9. The summed E-state index contributed by atoms with van der Waals surface area (Å²) in [6, 6.07) is 12.4. The first kappa shape index (κ1) is 21.1. The van der Waals surface area contributed by atoms with Crippen molar-refractivity contribution in [2.75, 3.05) is 23.4 Å². The summed E-state index contributed by atoms with van der Waals surface area (Å²) >= 11 is 0. The van der Waals surface area contributed by atoms with E-state index in [4.69, 9.17) is 4.74 Å². The van der Waals surface area contributed by atoms with Crippen molar-refractivity contribution >= 4 is 31.5 Å². The van der Waals surface area contributed by atoms with Gasteiger partial charge >= 0.3 is 0 Å². The van der Waals surface area contributed by atoms with Gasteiger partial charge in [-0.2, -0.15) is 0 Å². The first-order valence-electron chi connectivity index (χ1n) is 8.80. The van der Waals surface area contributed by atoms with Gasteiger partial charge in [0.2, 0.25) is 10.0 Å². The number of anilines is 1. The number of nitrogens with zero attached hydrogens (tertiary/aromatic N) is 1. The number of sulfonamides is 1. The first-order valence-corrected chi connectivity index (χ1v) is 12.5. The number of amides is 1. The molecule has 1 amide bonds. The summed E-state index contributed by atoms with van der Waals surface area (Å²) in [5.74, 6) is -0.151. The van der Waals surface area contributed by atoms with Gasteiger partial charge in [0.25, 0.3) is 5.91 Å². The molecule has 1 heterocycles. The number of carbonyl (C=O) groups is 1. The first-order chi connectivity index (χ1) is 13.5. The molecule has 0 radical (unpaired) electrons. The molecule has 1 N–H and O–H groups in total. The van der Waals surface area contributed by atoms with Gasteiger partial charge < -0.3 is 10.1 Å². The number of para-hydroxylation sites is 2. The minimum absolute atomic E-state index is 0.137. The van der Waals surface area contributed by atoms with Crippen LogP contribution in [0.15, 0.2) is 53.4 Å². The van der Waals surface area contributed by atoms with Crippen molar-refractivity contribution in [3.63, 3.8) is 0 Å². The van der Waals surface area contributed by atoms with Crippen LogP contribution in [0.3, 0.4) is 0 Å². The fourth-order valence-corrected chi connectivity index (χ4v) is 4.59. The van der Waals surface area contributed by atoms with Crippen molar-refractivity contribution in [2.24, 2.45) is 0 Å². The third-order valence-electron chi connectivity index (χ3n) is 4.59. The van der Waals surface area contributed by atoms with Crippen molar-refractivity contribution in [2.45, 2.75) is 24.0 Å². The highest BCUT2D eigenvalue weighted by Gasteiger charge is 2.35. The highest BCUT2D eigenvalue weighted by Crippen LogP contribution is 2.34. The topological polar surface area (TPSA) is 110 Å². The largest absolute Gasteiger partial charge is 0.476 e. The highest BCUT2D eigenvalue weighted by atomic mass is 32.2. The van der Waals surface area contributed by atoms with Crippen molar-refractivity contribution in [3.8, 4) is 5.75 Å². The van der Waals surface area contributed by atoms with E-state index in [9.17, 15) is 21.6 Å². The van der Waals surface area contributed by atoms with Gasteiger partial charge in [-0.25, -0.2) is 16.8 Å². The number of benzene rings is 2. The Kier molecular flexibility index (Phi) is 5.59. The number of ether oxygens (including phenoxy) is 1. The van der Waals surface area contributed by atoms with Crippen LogP contribution in [0.4, 0.5) is 5.69 Å². The van der Waals surface area contributed by atoms with Crippen LogP contribution < -0.4 is 14.4 Å². The Hall–Kier alpha value is -2.59. The van der Waals surface area contributed by atoms with E-state index >= 15 is 0 Å². The van der Waals surface area contributed by atoms with Crippen molar-refractivity contribution < 1.29 is 26.4 Å². The van der Waals surface area contributed by atoms with E-state index in [1.54, 1.807) is 43.3 Å². The zero-order chi connectivity index (χ0) is 21.4. The summed E-state index contributed by atoms with van der Waals surface area (Å²) in [7, 11) is -6.89. The molecule has 3 rings (SSSR count). The minimum atomic E-state index is -3.59. The second-order valence-electron chi connectivity index (χ2n) is 6.94. The standard InChI is InChI=1S/C19H22N2O6S2/c1-13(14-8-10-15(11-9-14)28(2,23)24)20-19(22)18-12-21(29(3,25)26)16-6-4-5-7-17(16)27-18/h4-11,13,18H,12H2,1-3H3,(H,20,22)/t13-,18-/m0/s1. The lowest BCUT2D eigenvalue weighted by atomic mass is 10.1. The van der Waals surface area contributed by atoms with E-state index in [2.05, 4.69) is 5.32 Å². The lowest BCUT2D eigenvalue weighted by molar-refractivity contribution is -0.128. The van der Waals surface area contributed by atoms with Gasteiger partial charge in [-0.05, 0) is 36.8 Å². The number of fused-ring (bicyclic) bond motifs is 1. The van der Waals surface area contributed by atoms with Gasteiger partial charge in [-0.1, -0.05) is 24.3 Å². The Morgan fingerprint density at radius 2 is 1.69 bits per heavy atom. The summed E-state index contributed by atoms with van der Waals surface area (Å²) in [5.41, 5.74) is 1.10. The molecule has 0 aliphatic carbocycles. The molecule has 0 bridgehead atoms. The van der Waals surface area contributed by atoms with Crippen LogP contribution in [-0.4, -0.2) is 47.9 Å². The Labute approximate surface area is 170 Å². The molecule has 0 aromatic heterocycles. The molecule has 0 fully saturated rings. The predicted molar refractivity (Wildman–Crippen MR) is 109 cm³/mol. The number of hydrogen-bond acceptors (Lipinski definition) is 6. The molecule has 2 atom stereocenters. The molecule has 10 heteroatoms. The van der Waals surface area contributed by atoms with Gasteiger partial charge in [0.15, 0.2) is 15.9 Å². The van der Waals surface area contributed by atoms with Gasteiger partial charge in [0.05, 0.1) is 29.4 Å². The number of nitrogens with one attached hydrogen (secondary N) is 1. The average molecular weight is 439 g/mol. The van der Waals surface area contributed by atoms with E-state index < -0.39 is 37.9 Å². The van der Waals surface area contributed by atoms with E-state index in [1.165, 1.54) is 12.1 Å². The molecule has 0 saturated heterocycles. The normalized spacial score (nSPS) is 17.8. The fourth-order valence-electron chi connectivity index (χ4n) is 3.05. The van der Waals surface area contributed by atoms with Crippen molar-refractivity contribution in [1.29, 1.82) is 0 Å². The average Bonchev–Trinajstić information content (AvgIpc) is 2.65. The molecule has 1 aliphatic rings. The lowest BCUT2D eigenvalue weighted by Crippen LogP contribution is -2.50. The maximum Gasteiger partial charge on any atom is 0.263 e. The fraction of sp³-hybridized carbons (Fsp3) is 0.316. The SMILES string of the molecule is C[C@H](NC(=O)[C@@H]1CN(S(C)(=O)=O)c2ccccc2O1)c1ccc(S(C)(=O)=O)cc1. The van der Waals surface area contributed by atoms with E-state index in [-0.39, 0.29) is 11.4 Å². The molecule has 0 unspecified atom stereocenters. The van der Waals surface area contributed by atoms with Gasteiger partial charge in [-0.15, -0.1) is 0 Å². The molecule has 29 heavy (non-hydrogen) atoms. The molecule has 0 saturated carbocycles. The second-order valence-corrected chi connectivity index (χ2v) is 10.9. The number of rotatable bonds is 5. The molecular formula is C19H22N2O6S2. The van der Waals surface area contributed by atoms with Crippen LogP contribution in [0.5, 0.6) is 5.75 Å². The Morgan fingerprint density at radius 3 is 2.28 bits per heavy atom. The van der Waals surface area contributed by atoms with Crippen molar-refractivity contribution in [3.05, 3.63) is 54.1 Å². The van der Waals surface area contributed by atoms with E-state index in [0.29, 0.717) is 17.0 Å². The van der Waals surface area contributed by atoms with Crippen LogP contribution in [0, 0.1) is 0 Å². The van der Waals surface area contributed by atoms with E-state index in [0.717, 1.165) is 16.8 Å². The Bertz CT molecular complexity index is 1130. The van der Waals surface area contributed by atoms with Gasteiger partial charge in [0.1, 0.15) is 5.75 Å². The minimum Gasteiger partial charge on any atom is -0.476 e. The maximum absolute atomic E-state index is 12.7. The highest BCUT2D eigenvalue weighted by molar-refractivity contribution is 7.92. The van der Waals surface area contributed by atoms with E-state index in [1.807, 2.05) is 0 Å². The molecule has 2 aromatic carbocycles.